The predicted molar refractivity (Wildman–Crippen MR) is 80.7 cm³/mol. The van der Waals surface area contributed by atoms with Gasteiger partial charge in [-0.25, -0.2) is 9.78 Å². The van der Waals surface area contributed by atoms with E-state index in [2.05, 4.69) is 10.3 Å². The summed E-state index contributed by atoms with van der Waals surface area (Å²) in [5.74, 6) is -1.52. The first-order valence-electron chi connectivity index (χ1n) is 6.05. The highest BCUT2D eigenvalue weighted by atomic mass is 32.1. The summed E-state index contributed by atoms with van der Waals surface area (Å²) in [7, 11) is 0. The number of carboxylic acid groups (broad SMARTS) is 1. The summed E-state index contributed by atoms with van der Waals surface area (Å²) in [6.07, 6.45) is 0. The zero-order valence-corrected chi connectivity index (χ0v) is 13.2. The molecule has 0 spiro atoms. The lowest BCUT2D eigenvalue weighted by molar-refractivity contribution is -0.380. The van der Waals surface area contributed by atoms with Gasteiger partial charge < -0.3 is 10.4 Å². The van der Waals surface area contributed by atoms with Crippen LogP contribution in [0.1, 0.15) is 43.0 Å². The van der Waals surface area contributed by atoms with Crippen molar-refractivity contribution >= 4 is 39.6 Å². The first kappa shape index (κ1) is 16.0. The number of amides is 1. The molecule has 2 heterocycles. The maximum absolute atomic E-state index is 12.0. The number of nitrogens with one attached hydrogen (secondary N) is 1. The highest BCUT2D eigenvalue weighted by Crippen LogP contribution is 2.26. The van der Waals surface area contributed by atoms with E-state index in [0.29, 0.717) is 10.7 Å². The molecule has 8 nitrogen and oxygen atoms in total. The highest BCUT2D eigenvalue weighted by Gasteiger charge is 2.21. The summed E-state index contributed by atoms with van der Waals surface area (Å²) in [5, 5.41) is 22.6. The number of aromatic nitrogens is 1. The van der Waals surface area contributed by atoms with Crippen molar-refractivity contribution in [2.75, 3.05) is 0 Å². The number of rotatable bonds is 5. The molecule has 0 saturated carbocycles. The van der Waals surface area contributed by atoms with Gasteiger partial charge in [0.25, 0.3) is 5.91 Å². The number of thiophene rings is 1. The number of carboxylic acids is 1. The maximum Gasteiger partial charge on any atom is 0.347 e. The van der Waals surface area contributed by atoms with Gasteiger partial charge in [0.05, 0.1) is 21.5 Å². The number of aromatic carboxylic acids is 1. The van der Waals surface area contributed by atoms with E-state index < -0.39 is 22.8 Å². The lowest BCUT2D eigenvalue weighted by atomic mass is 10.3. The molecule has 1 unspecified atom stereocenters. The van der Waals surface area contributed by atoms with Gasteiger partial charge in [-0.15, -0.1) is 11.3 Å². The number of hydrogen-bond donors (Lipinski definition) is 2. The van der Waals surface area contributed by atoms with Crippen molar-refractivity contribution in [3.63, 3.8) is 0 Å². The number of carbonyl (C=O) groups excluding carboxylic acids is 1. The van der Waals surface area contributed by atoms with Gasteiger partial charge >= 0.3 is 11.0 Å². The summed E-state index contributed by atoms with van der Waals surface area (Å²) in [6, 6.07) is 2.14. The highest BCUT2D eigenvalue weighted by molar-refractivity contribution is 7.17. The summed E-state index contributed by atoms with van der Waals surface area (Å²) in [4.78, 5) is 37.5. The van der Waals surface area contributed by atoms with E-state index in [1.807, 2.05) is 0 Å². The molecular weight excluding hydrogens is 330 g/mol. The van der Waals surface area contributed by atoms with Gasteiger partial charge in [0.2, 0.25) is 0 Å². The Morgan fingerprint density at radius 1 is 1.41 bits per heavy atom. The van der Waals surface area contributed by atoms with Crippen LogP contribution in [0.25, 0.3) is 0 Å². The van der Waals surface area contributed by atoms with E-state index in [4.69, 9.17) is 5.11 Å². The quantitative estimate of drug-likeness (QED) is 0.636. The minimum atomic E-state index is -1.06. The summed E-state index contributed by atoms with van der Waals surface area (Å²) < 4.78 is 0. The number of aryl methyl sites for hydroxylation is 1. The minimum absolute atomic E-state index is 0.115. The van der Waals surface area contributed by atoms with Crippen LogP contribution in [0, 0.1) is 17.0 Å². The van der Waals surface area contributed by atoms with Crippen LogP contribution in [0.3, 0.4) is 0 Å². The Hall–Kier alpha value is -2.33. The molecular formula is C12H11N3O5S2. The van der Waals surface area contributed by atoms with Crippen LogP contribution in [-0.2, 0) is 0 Å². The van der Waals surface area contributed by atoms with Gasteiger partial charge in [0, 0.05) is 6.07 Å². The lowest BCUT2D eigenvalue weighted by Gasteiger charge is -2.09. The summed E-state index contributed by atoms with van der Waals surface area (Å²) in [5.41, 5.74) is 0.389. The largest absolute Gasteiger partial charge is 0.477 e. The van der Waals surface area contributed by atoms with Gasteiger partial charge in [0.15, 0.2) is 0 Å². The average molecular weight is 341 g/mol. The molecule has 2 rings (SSSR count). The van der Waals surface area contributed by atoms with Gasteiger partial charge in [0.1, 0.15) is 9.88 Å². The van der Waals surface area contributed by atoms with Crippen LogP contribution < -0.4 is 5.32 Å². The van der Waals surface area contributed by atoms with Crippen molar-refractivity contribution < 1.29 is 19.6 Å². The molecule has 0 aliphatic carbocycles. The fraction of sp³-hybridized carbons (Fsp3) is 0.250. The molecule has 0 aliphatic heterocycles. The first-order valence-corrected chi connectivity index (χ1v) is 7.68. The van der Waals surface area contributed by atoms with Crippen molar-refractivity contribution in [2.24, 2.45) is 0 Å². The zero-order valence-electron chi connectivity index (χ0n) is 11.5. The average Bonchev–Trinajstić information content (AvgIpc) is 3.04. The number of carbonyl (C=O) groups is 2. The van der Waals surface area contributed by atoms with E-state index in [-0.39, 0.29) is 14.8 Å². The Morgan fingerprint density at radius 2 is 2.09 bits per heavy atom. The number of nitrogens with zero attached hydrogens (tertiary/aromatic N) is 2. The molecule has 2 aromatic rings. The van der Waals surface area contributed by atoms with Crippen molar-refractivity contribution in [3.05, 3.63) is 42.7 Å². The fourth-order valence-electron chi connectivity index (χ4n) is 1.68. The Balaban J connectivity index is 2.12. The molecule has 0 saturated heterocycles. The fourth-order valence-corrected chi connectivity index (χ4v) is 3.31. The standard InChI is InChI=1S/C12H11N3O5S2/c1-5-9(12(17)18)22-11(14-5)6(2)13-10(16)7-3-4-8(21-7)15(19)20/h3-4,6H,1-2H3,(H,13,16)(H,17,18). The third kappa shape index (κ3) is 3.28. The van der Waals surface area contributed by atoms with Crippen LogP contribution in [0.2, 0.25) is 0 Å². The van der Waals surface area contributed by atoms with Gasteiger partial charge in [-0.1, -0.05) is 11.3 Å². The molecule has 2 aromatic heterocycles. The van der Waals surface area contributed by atoms with Crippen LogP contribution in [0.15, 0.2) is 12.1 Å². The molecule has 2 N–H and O–H groups in total. The molecule has 10 heteroatoms. The van der Waals surface area contributed by atoms with Crippen molar-refractivity contribution in [2.45, 2.75) is 19.9 Å². The third-order valence-electron chi connectivity index (χ3n) is 2.72. The van der Waals surface area contributed by atoms with Crippen LogP contribution in [-0.4, -0.2) is 26.9 Å². The molecule has 0 aromatic carbocycles. The van der Waals surface area contributed by atoms with Gasteiger partial charge in [-0.2, -0.15) is 0 Å². The smallest absolute Gasteiger partial charge is 0.347 e. The number of thiazole rings is 1. The first-order chi connectivity index (χ1) is 10.3. The maximum atomic E-state index is 12.0. The molecule has 0 aliphatic rings. The molecule has 0 fully saturated rings. The second-order valence-electron chi connectivity index (χ2n) is 4.36. The predicted octanol–water partition coefficient (Wildman–Crippen LogP) is 2.61. The van der Waals surface area contributed by atoms with Crippen LogP contribution >= 0.6 is 22.7 Å². The van der Waals surface area contributed by atoms with Crippen LogP contribution in [0.4, 0.5) is 5.00 Å². The Kier molecular flexibility index (Phi) is 4.52. The van der Waals surface area contributed by atoms with E-state index >= 15 is 0 Å². The Labute approximate surface area is 132 Å². The second-order valence-corrected chi connectivity index (χ2v) is 6.45. The molecule has 1 amide bonds. The Morgan fingerprint density at radius 3 is 2.59 bits per heavy atom. The monoisotopic (exact) mass is 341 g/mol. The van der Waals surface area contributed by atoms with Gasteiger partial charge in [-0.3, -0.25) is 14.9 Å². The number of hydrogen-bond acceptors (Lipinski definition) is 7. The molecule has 1 atom stereocenters. The lowest BCUT2D eigenvalue weighted by Crippen LogP contribution is -2.25. The topological polar surface area (TPSA) is 122 Å². The second kappa shape index (κ2) is 6.20. The van der Waals surface area contributed by atoms with E-state index in [9.17, 15) is 19.7 Å². The van der Waals surface area contributed by atoms with E-state index in [1.165, 1.54) is 12.1 Å². The van der Waals surface area contributed by atoms with Crippen molar-refractivity contribution in [1.29, 1.82) is 0 Å². The van der Waals surface area contributed by atoms with Crippen LogP contribution in [0.5, 0.6) is 0 Å². The Bertz CT molecular complexity index is 752. The zero-order chi connectivity index (χ0) is 16.4. The summed E-state index contributed by atoms with van der Waals surface area (Å²) >= 11 is 1.77. The minimum Gasteiger partial charge on any atom is -0.477 e. The normalized spacial score (nSPS) is 11.9. The van der Waals surface area contributed by atoms with E-state index in [0.717, 1.165) is 22.7 Å². The molecule has 0 radical (unpaired) electrons. The summed E-state index contributed by atoms with van der Waals surface area (Å²) in [6.45, 7) is 3.25. The SMILES string of the molecule is Cc1nc(C(C)NC(=O)c2ccc([N+](=O)[O-])s2)sc1C(=O)O. The van der Waals surface area contributed by atoms with Crippen molar-refractivity contribution in [1.82, 2.24) is 10.3 Å². The number of nitro groups is 1. The molecule has 116 valence electrons. The van der Waals surface area contributed by atoms with Crippen molar-refractivity contribution in [3.8, 4) is 0 Å². The third-order valence-corrected chi connectivity index (χ3v) is 5.08. The van der Waals surface area contributed by atoms with Gasteiger partial charge in [-0.05, 0) is 19.9 Å². The molecule has 22 heavy (non-hydrogen) atoms. The van der Waals surface area contributed by atoms with E-state index in [1.54, 1.807) is 13.8 Å². The molecule has 0 bridgehead atoms.